The third-order valence-corrected chi connectivity index (χ3v) is 4.15. The lowest BCUT2D eigenvalue weighted by atomic mass is 10.2. The molecular weight excluding hydrogens is 278 g/mol. The fourth-order valence-corrected chi connectivity index (χ4v) is 2.65. The van der Waals surface area contributed by atoms with E-state index in [2.05, 4.69) is 4.72 Å². The van der Waals surface area contributed by atoms with Gasteiger partial charge in [-0.15, -0.1) is 0 Å². The Balaban J connectivity index is 2.49. The molecule has 0 heterocycles. The van der Waals surface area contributed by atoms with Crippen LogP contribution in [0.5, 0.6) is 0 Å². The Hall–Kier alpha value is -1.24. The third-order valence-electron chi connectivity index (χ3n) is 2.68. The van der Waals surface area contributed by atoms with Crippen molar-refractivity contribution in [2.75, 3.05) is 19.8 Å². The molecule has 0 spiro atoms. The van der Waals surface area contributed by atoms with E-state index in [0.29, 0.717) is 31.7 Å². The van der Waals surface area contributed by atoms with Crippen molar-refractivity contribution in [1.29, 1.82) is 0 Å². The van der Waals surface area contributed by atoms with Crippen LogP contribution in [0, 0.1) is 0 Å². The molecule has 0 atom stereocenters. The first-order valence-corrected chi connectivity index (χ1v) is 8.14. The summed E-state index contributed by atoms with van der Waals surface area (Å²) in [5.41, 5.74) is 0.497. The summed E-state index contributed by atoms with van der Waals surface area (Å²) in [5, 5.41) is 0. The molecule has 0 aliphatic rings. The van der Waals surface area contributed by atoms with Gasteiger partial charge in [0.25, 0.3) is 0 Å². The smallest absolute Gasteiger partial charge is 0.240 e. The maximum atomic E-state index is 12.0. The molecule has 0 unspecified atom stereocenters. The Morgan fingerprint density at radius 3 is 2.40 bits per heavy atom. The number of sulfonamides is 1. The first kappa shape index (κ1) is 16.8. The minimum Gasteiger partial charge on any atom is -0.381 e. The Morgan fingerprint density at radius 2 is 1.85 bits per heavy atom. The van der Waals surface area contributed by atoms with Crippen LogP contribution in [0.25, 0.3) is 0 Å². The number of benzene rings is 1. The number of carbonyl (C=O) groups is 1. The molecule has 0 aliphatic heterocycles. The zero-order valence-electron chi connectivity index (χ0n) is 11.9. The van der Waals surface area contributed by atoms with E-state index in [9.17, 15) is 13.2 Å². The highest BCUT2D eigenvalue weighted by molar-refractivity contribution is 7.89. The molecule has 0 fully saturated rings. The molecule has 0 aliphatic carbocycles. The zero-order chi connectivity index (χ0) is 15.0. The normalized spacial score (nSPS) is 11.5. The lowest BCUT2D eigenvalue weighted by molar-refractivity contribution is 0.101. The monoisotopic (exact) mass is 299 g/mol. The Kier molecular flexibility index (Phi) is 6.84. The van der Waals surface area contributed by atoms with E-state index in [1.54, 1.807) is 0 Å². The van der Waals surface area contributed by atoms with Crippen molar-refractivity contribution >= 4 is 15.8 Å². The third kappa shape index (κ3) is 5.40. The molecule has 1 aromatic carbocycles. The molecular formula is C14H21NO4S. The molecule has 6 heteroatoms. The van der Waals surface area contributed by atoms with Crippen LogP contribution in [-0.4, -0.2) is 34.0 Å². The zero-order valence-corrected chi connectivity index (χ0v) is 12.7. The van der Waals surface area contributed by atoms with Gasteiger partial charge in [0.15, 0.2) is 5.78 Å². The molecule has 5 nitrogen and oxygen atoms in total. The minimum absolute atomic E-state index is 0.0880. The summed E-state index contributed by atoms with van der Waals surface area (Å²) < 4.78 is 31.7. The van der Waals surface area contributed by atoms with Gasteiger partial charge in [-0.25, -0.2) is 13.1 Å². The quantitative estimate of drug-likeness (QED) is 0.559. The molecule has 1 rings (SSSR count). The van der Waals surface area contributed by atoms with E-state index in [1.165, 1.54) is 31.2 Å². The van der Waals surface area contributed by atoms with E-state index in [0.717, 1.165) is 6.42 Å². The van der Waals surface area contributed by atoms with Crippen LogP contribution < -0.4 is 4.72 Å². The molecule has 0 saturated heterocycles. The summed E-state index contributed by atoms with van der Waals surface area (Å²) >= 11 is 0. The number of nitrogens with one attached hydrogen (secondary N) is 1. The number of ketones is 1. The van der Waals surface area contributed by atoms with Crippen LogP contribution >= 0.6 is 0 Å². The van der Waals surface area contributed by atoms with Crippen LogP contribution in [0.1, 0.15) is 37.0 Å². The Bertz CT molecular complexity index is 523. The van der Waals surface area contributed by atoms with Crippen molar-refractivity contribution in [3.8, 4) is 0 Å². The van der Waals surface area contributed by atoms with Crippen molar-refractivity contribution in [3.05, 3.63) is 29.8 Å². The van der Waals surface area contributed by atoms with Gasteiger partial charge in [0.05, 0.1) is 4.90 Å². The largest absolute Gasteiger partial charge is 0.381 e. The number of carbonyl (C=O) groups excluding carboxylic acids is 1. The van der Waals surface area contributed by atoms with Crippen molar-refractivity contribution in [2.45, 2.75) is 31.6 Å². The average Bonchev–Trinajstić information content (AvgIpc) is 2.43. The lowest BCUT2D eigenvalue weighted by Crippen LogP contribution is -2.25. The molecule has 1 aromatic rings. The van der Waals surface area contributed by atoms with Crippen LogP contribution in [0.2, 0.25) is 0 Å². The standard InChI is InChI=1S/C14H21NO4S/c1-3-10-19-11-4-9-15-20(17,18)14-7-5-13(6-8-14)12(2)16/h5-8,15H,3-4,9-11H2,1-2H3. The fourth-order valence-electron chi connectivity index (χ4n) is 1.58. The summed E-state index contributed by atoms with van der Waals surface area (Å²) in [4.78, 5) is 11.3. The second-order valence-corrected chi connectivity index (χ2v) is 6.21. The number of hydrogen-bond donors (Lipinski definition) is 1. The predicted molar refractivity (Wildman–Crippen MR) is 77.4 cm³/mol. The molecule has 1 N–H and O–H groups in total. The summed E-state index contributed by atoms with van der Waals surface area (Å²) in [5.74, 6) is -0.0880. The number of rotatable bonds is 9. The Labute approximate surface area is 120 Å². The summed E-state index contributed by atoms with van der Waals surface area (Å²) in [7, 11) is -3.51. The molecule has 20 heavy (non-hydrogen) atoms. The second kappa shape index (κ2) is 8.14. The number of hydrogen-bond acceptors (Lipinski definition) is 4. The highest BCUT2D eigenvalue weighted by atomic mass is 32.2. The molecule has 0 aromatic heterocycles. The van der Waals surface area contributed by atoms with Gasteiger partial charge in [-0.2, -0.15) is 0 Å². The van der Waals surface area contributed by atoms with Crippen molar-refractivity contribution in [3.63, 3.8) is 0 Å². The van der Waals surface area contributed by atoms with Crippen LogP contribution in [0.4, 0.5) is 0 Å². The van der Waals surface area contributed by atoms with Crippen molar-refractivity contribution in [1.82, 2.24) is 4.72 Å². The van der Waals surface area contributed by atoms with Gasteiger partial charge < -0.3 is 4.74 Å². The Morgan fingerprint density at radius 1 is 1.20 bits per heavy atom. The maximum Gasteiger partial charge on any atom is 0.240 e. The van der Waals surface area contributed by atoms with Crippen LogP contribution in [0.3, 0.4) is 0 Å². The van der Waals surface area contributed by atoms with Gasteiger partial charge in [-0.05, 0) is 31.9 Å². The van der Waals surface area contributed by atoms with Crippen LogP contribution in [-0.2, 0) is 14.8 Å². The van der Waals surface area contributed by atoms with Crippen molar-refractivity contribution in [2.24, 2.45) is 0 Å². The van der Waals surface area contributed by atoms with Gasteiger partial charge in [0.2, 0.25) is 10.0 Å². The summed E-state index contributed by atoms with van der Waals surface area (Å²) in [6.45, 7) is 5.03. The topological polar surface area (TPSA) is 72.5 Å². The molecule has 0 amide bonds. The van der Waals surface area contributed by atoms with E-state index in [-0.39, 0.29) is 10.7 Å². The van der Waals surface area contributed by atoms with Gasteiger partial charge in [0, 0.05) is 25.3 Å². The number of ether oxygens (including phenoxy) is 1. The van der Waals surface area contributed by atoms with E-state index in [1.807, 2.05) is 6.92 Å². The first-order chi connectivity index (χ1) is 9.47. The second-order valence-electron chi connectivity index (χ2n) is 4.44. The molecule has 0 bridgehead atoms. The fraction of sp³-hybridized carbons (Fsp3) is 0.500. The summed E-state index contributed by atoms with van der Waals surface area (Å²) in [6.07, 6.45) is 1.58. The van der Waals surface area contributed by atoms with Gasteiger partial charge in [-0.1, -0.05) is 19.1 Å². The van der Waals surface area contributed by atoms with Crippen molar-refractivity contribution < 1.29 is 17.9 Å². The van der Waals surface area contributed by atoms with Crippen LogP contribution in [0.15, 0.2) is 29.2 Å². The molecule has 0 saturated carbocycles. The van der Waals surface area contributed by atoms with E-state index in [4.69, 9.17) is 4.74 Å². The predicted octanol–water partition coefficient (Wildman–Crippen LogP) is 1.98. The SMILES string of the molecule is CCCOCCCNS(=O)(=O)c1ccc(C(C)=O)cc1. The first-order valence-electron chi connectivity index (χ1n) is 6.66. The van der Waals surface area contributed by atoms with E-state index < -0.39 is 10.0 Å². The highest BCUT2D eigenvalue weighted by Crippen LogP contribution is 2.10. The average molecular weight is 299 g/mol. The molecule has 0 radical (unpaired) electrons. The van der Waals surface area contributed by atoms with Gasteiger partial charge in [0.1, 0.15) is 0 Å². The maximum absolute atomic E-state index is 12.0. The summed E-state index contributed by atoms with van der Waals surface area (Å²) in [6, 6.07) is 5.90. The molecule has 112 valence electrons. The number of Topliss-reactive ketones (excluding diaryl/α,β-unsaturated/α-hetero) is 1. The van der Waals surface area contributed by atoms with E-state index >= 15 is 0 Å². The van der Waals surface area contributed by atoms with Gasteiger partial charge in [-0.3, -0.25) is 4.79 Å². The lowest BCUT2D eigenvalue weighted by Gasteiger charge is -2.07. The highest BCUT2D eigenvalue weighted by Gasteiger charge is 2.13. The van der Waals surface area contributed by atoms with Gasteiger partial charge >= 0.3 is 0 Å². The minimum atomic E-state index is -3.51.